The van der Waals surface area contributed by atoms with Crippen molar-refractivity contribution in [3.63, 3.8) is 0 Å². The molecule has 0 amide bonds. The van der Waals surface area contributed by atoms with E-state index in [0.29, 0.717) is 0 Å². The third-order valence-corrected chi connectivity index (χ3v) is 6.60. The first-order valence-corrected chi connectivity index (χ1v) is 11.7. The van der Waals surface area contributed by atoms with E-state index in [-0.39, 0.29) is 49.3 Å². The second kappa shape index (κ2) is 11.8. The van der Waals surface area contributed by atoms with Crippen LogP contribution in [0.25, 0.3) is 0 Å². The molecule has 9 atom stereocenters. The third kappa shape index (κ3) is 6.07. The number of aliphatic hydroxyl groups excluding tert-OH is 4. The average Bonchev–Trinajstić information content (AvgIpc) is 3.21. The van der Waals surface area contributed by atoms with Gasteiger partial charge in [-0.05, 0) is 36.2 Å². The molecule has 1 unspecified atom stereocenters. The number of hydrogen-bond donors (Lipinski definition) is 4. The van der Waals surface area contributed by atoms with Gasteiger partial charge in [-0.2, -0.15) is 0 Å². The third-order valence-electron chi connectivity index (χ3n) is 6.60. The first-order chi connectivity index (χ1) is 16.2. The molecule has 34 heavy (non-hydrogen) atoms. The number of fused-ring (bicyclic) bond motifs is 1. The van der Waals surface area contributed by atoms with E-state index in [4.69, 9.17) is 23.7 Å². The van der Waals surface area contributed by atoms with Crippen molar-refractivity contribution in [3.05, 3.63) is 11.8 Å². The van der Waals surface area contributed by atoms with Gasteiger partial charge in [-0.1, -0.05) is 13.8 Å². The highest BCUT2D eigenvalue weighted by atomic mass is 16.7. The van der Waals surface area contributed by atoms with Gasteiger partial charge in [0, 0.05) is 25.9 Å². The van der Waals surface area contributed by atoms with Gasteiger partial charge in [0.2, 0.25) is 6.29 Å². The topological polar surface area (TPSA) is 161 Å². The maximum Gasteiger partial charge on any atom is 0.309 e. The van der Waals surface area contributed by atoms with Crippen molar-refractivity contribution in [2.24, 2.45) is 23.7 Å². The Morgan fingerprint density at radius 3 is 2.44 bits per heavy atom. The maximum atomic E-state index is 12.2. The molecule has 2 aliphatic heterocycles. The molecule has 0 spiro atoms. The van der Waals surface area contributed by atoms with Crippen LogP contribution in [-0.4, -0.2) is 89.2 Å². The fourth-order valence-corrected chi connectivity index (χ4v) is 4.94. The highest BCUT2D eigenvalue weighted by molar-refractivity contribution is 5.69. The normalized spacial score (nSPS) is 37.5. The van der Waals surface area contributed by atoms with Crippen LogP contribution < -0.4 is 0 Å². The summed E-state index contributed by atoms with van der Waals surface area (Å²) in [6, 6.07) is 0. The molecule has 2 fully saturated rings. The summed E-state index contributed by atoms with van der Waals surface area (Å²) in [7, 11) is 0. The van der Waals surface area contributed by atoms with Gasteiger partial charge in [0.1, 0.15) is 18.3 Å². The molecule has 0 aromatic rings. The minimum atomic E-state index is -1.51. The summed E-state index contributed by atoms with van der Waals surface area (Å²) in [5, 5.41) is 39.8. The highest BCUT2D eigenvalue weighted by Gasteiger charge is 2.49. The first-order valence-electron chi connectivity index (χ1n) is 11.7. The maximum absolute atomic E-state index is 12.2. The molecule has 1 saturated heterocycles. The molecule has 0 bridgehead atoms. The standard InChI is InChI=1S/C23H36O11/c1-11(2)6-17(27)34-22-18-13(7-24)4-5-15(18)14(9-30-22)10-31-23-21(32-12(3)26)20(29)19(28)16(8-25)33-23/h9,11,13,15-16,18-25,28-29H,4-8,10H2,1-3H3/t13?,15-,16-,18-,19-,20+,21-,22+,23-/m1/s1. The van der Waals surface area contributed by atoms with E-state index in [1.54, 1.807) is 0 Å². The monoisotopic (exact) mass is 488 g/mol. The average molecular weight is 489 g/mol. The number of carbonyl (C=O) groups excluding carboxylic acids is 2. The van der Waals surface area contributed by atoms with Crippen molar-refractivity contribution in [2.45, 2.75) is 77.0 Å². The van der Waals surface area contributed by atoms with Crippen LogP contribution in [0.4, 0.5) is 0 Å². The Balaban J connectivity index is 1.71. The van der Waals surface area contributed by atoms with Crippen LogP contribution in [0.5, 0.6) is 0 Å². The van der Waals surface area contributed by atoms with Crippen LogP contribution in [-0.2, 0) is 33.3 Å². The van der Waals surface area contributed by atoms with Crippen molar-refractivity contribution >= 4 is 11.9 Å². The summed E-state index contributed by atoms with van der Waals surface area (Å²) in [5.41, 5.74) is 0.739. The molecule has 3 aliphatic rings. The summed E-state index contributed by atoms with van der Waals surface area (Å²) in [4.78, 5) is 23.7. The Kier molecular flexibility index (Phi) is 9.30. The lowest BCUT2D eigenvalue weighted by Crippen LogP contribution is -2.60. The molecule has 0 radical (unpaired) electrons. The number of hydrogen-bond acceptors (Lipinski definition) is 11. The van der Waals surface area contributed by atoms with Crippen LogP contribution in [0.2, 0.25) is 0 Å². The van der Waals surface area contributed by atoms with Crippen LogP contribution in [0.1, 0.15) is 40.0 Å². The van der Waals surface area contributed by atoms with Crippen LogP contribution in [0, 0.1) is 23.7 Å². The largest absolute Gasteiger partial charge is 0.462 e. The fraction of sp³-hybridized carbons (Fsp3) is 0.826. The van der Waals surface area contributed by atoms with Crippen molar-refractivity contribution in [3.8, 4) is 0 Å². The smallest absolute Gasteiger partial charge is 0.309 e. The molecular formula is C23H36O11. The number of rotatable bonds is 9. The highest BCUT2D eigenvalue weighted by Crippen LogP contribution is 2.47. The molecule has 0 aromatic heterocycles. The van der Waals surface area contributed by atoms with Gasteiger partial charge in [-0.3, -0.25) is 9.59 Å². The Labute approximate surface area is 198 Å². The van der Waals surface area contributed by atoms with Crippen LogP contribution in [0.3, 0.4) is 0 Å². The number of aliphatic hydroxyl groups is 4. The van der Waals surface area contributed by atoms with E-state index >= 15 is 0 Å². The minimum absolute atomic E-state index is 0.0185. The van der Waals surface area contributed by atoms with Gasteiger partial charge in [0.15, 0.2) is 12.4 Å². The minimum Gasteiger partial charge on any atom is -0.462 e. The van der Waals surface area contributed by atoms with Gasteiger partial charge >= 0.3 is 11.9 Å². The van der Waals surface area contributed by atoms with Gasteiger partial charge in [0.25, 0.3) is 0 Å². The van der Waals surface area contributed by atoms with Crippen molar-refractivity contribution in [2.75, 3.05) is 19.8 Å². The Morgan fingerprint density at radius 1 is 1.09 bits per heavy atom. The quantitative estimate of drug-likeness (QED) is 0.319. The van der Waals surface area contributed by atoms with E-state index < -0.39 is 49.6 Å². The summed E-state index contributed by atoms with van der Waals surface area (Å²) in [6.45, 7) is 4.34. The fourth-order valence-electron chi connectivity index (χ4n) is 4.94. The second-order valence-corrected chi connectivity index (χ2v) is 9.58. The van der Waals surface area contributed by atoms with E-state index in [1.165, 1.54) is 6.26 Å². The molecule has 2 heterocycles. The molecule has 4 N–H and O–H groups in total. The van der Waals surface area contributed by atoms with E-state index in [0.717, 1.165) is 25.3 Å². The zero-order chi connectivity index (χ0) is 25.0. The number of esters is 2. The zero-order valence-electron chi connectivity index (χ0n) is 19.7. The molecule has 1 saturated carbocycles. The predicted molar refractivity (Wildman–Crippen MR) is 115 cm³/mol. The molecule has 0 aromatic carbocycles. The van der Waals surface area contributed by atoms with Crippen molar-refractivity contribution in [1.82, 2.24) is 0 Å². The lowest BCUT2D eigenvalue weighted by molar-refractivity contribution is -0.302. The Hall–Kier alpha value is -1.76. The molecule has 1 aliphatic carbocycles. The van der Waals surface area contributed by atoms with E-state index in [1.807, 2.05) is 13.8 Å². The zero-order valence-corrected chi connectivity index (χ0v) is 19.7. The molecule has 3 rings (SSSR count). The summed E-state index contributed by atoms with van der Waals surface area (Å²) in [6.07, 6.45) is -4.25. The van der Waals surface area contributed by atoms with Crippen LogP contribution in [0.15, 0.2) is 11.8 Å². The van der Waals surface area contributed by atoms with Gasteiger partial charge in [-0.25, -0.2) is 0 Å². The van der Waals surface area contributed by atoms with Gasteiger partial charge in [0.05, 0.1) is 19.5 Å². The SMILES string of the molecule is CC(=O)O[C@H]1[C@H](OCC2=CO[C@@H](OC(=O)CC(C)C)[C@@H]3C(CO)CC[C@H]23)O[C@H](CO)[C@@H](O)[C@@H]1O. The van der Waals surface area contributed by atoms with E-state index in [2.05, 4.69) is 0 Å². The molecule has 11 nitrogen and oxygen atoms in total. The first kappa shape index (κ1) is 26.8. The van der Waals surface area contributed by atoms with Crippen molar-refractivity contribution in [1.29, 1.82) is 0 Å². The van der Waals surface area contributed by atoms with Crippen LogP contribution >= 0.6 is 0 Å². The molecular weight excluding hydrogens is 452 g/mol. The lowest BCUT2D eigenvalue weighted by Gasteiger charge is -2.41. The van der Waals surface area contributed by atoms with Gasteiger partial charge in [-0.15, -0.1) is 0 Å². The summed E-state index contributed by atoms with van der Waals surface area (Å²) < 4.78 is 27.8. The number of carbonyl (C=O) groups is 2. The summed E-state index contributed by atoms with van der Waals surface area (Å²) >= 11 is 0. The second-order valence-electron chi connectivity index (χ2n) is 9.58. The van der Waals surface area contributed by atoms with E-state index in [9.17, 15) is 30.0 Å². The van der Waals surface area contributed by atoms with Crippen molar-refractivity contribution < 1.29 is 53.7 Å². The Morgan fingerprint density at radius 2 is 1.82 bits per heavy atom. The predicted octanol–water partition coefficient (Wildman–Crippen LogP) is -0.162. The summed E-state index contributed by atoms with van der Waals surface area (Å²) in [5.74, 6) is -1.36. The number of ether oxygens (including phenoxy) is 5. The van der Waals surface area contributed by atoms with Gasteiger partial charge < -0.3 is 44.1 Å². The molecule has 11 heteroatoms. The Bertz CT molecular complexity index is 738. The molecule has 194 valence electrons. The lowest BCUT2D eigenvalue weighted by atomic mass is 9.83.